The number of hydrazine groups is 1. The summed E-state index contributed by atoms with van der Waals surface area (Å²) in [6, 6.07) is 7.19. The Hall–Kier alpha value is -2.34. The van der Waals surface area contributed by atoms with Crippen molar-refractivity contribution < 1.29 is 5.11 Å². The van der Waals surface area contributed by atoms with Crippen LogP contribution in [0.3, 0.4) is 0 Å². The van der Waals surface area contributed by atoms with Crippen molar-refractivity contribution in [3.05, 3.63) is 41.7 Å². The van der Waals surface area contributed by atoms with Gasteiger partial charge in [0.15, 0.2) is 0 Å². The Balaban J connectivity index is 1.98. The maximum atomic E-state index is 9.23. The van der Waals surface area contributed by atoms with Crippen LogP contribution in [0.2, 0.25) is 0 Å². The Labute approximate surface area is 118 Å². The van der Waals surface area contributed by atoms with E-state index in [4.69, 9.17) is 5.84 Å². The second-order valence-electron chi connectivity index (χ2n) is 4.39. The zero-order chi connectivity index (χ0) is 14.4. The average Bonchev–Trinajstić information content (AvgIpc) is 2.49. The molecule has 0 saturated heterocycles. The molecule has 6 heteroatoms. The molecule has 1 heterocycles. The zero-order valence-electron chi connectivity index (χ0n) is 11.4. The van der Waals surface area contributed by atoms with Gasteiger partial charge in [-0.1, -0.05) is 19.1 Å². The Kier molecular flexibility index (Phi) is 4.73. The predicted octanol–water partition coefficient (Wildman–Crippen LogP) is 1.68. The van der Waals surface area contributed by atoms with Crippen LogP contribution in [-0.2, 0) is 12.8 Å². The molecule has 20 heavy (non-hydrogen) atoms. The highest BCUT2D eigenvalue weighted by molar-refractivity contribution is 5.56. The van der Waals surface area contributed by atoms with Gasteiger partial charge in [-0.15, -0.1) is 0 Å². The molecule has 0 aliphatic heterocycles. The Morgan fingerprint density at radius 3 is 2.50 bits per heavy atom. The third-order valence-electron chi connectivity index (χ3n) is 3.08. The molecule has 0 aliphatic rings. The van der Waals surface area contributed by atoms with Gasteiger partial charge in [-0.2, -0.15) is 0 Å². The fourth-order valence-electron chi connectivity index (χ4n) is 2.01. The Morgan fingerprint density at radius 2 is 1.85 bits per heavy atom. The third kappa shape index (κ3) is 3.36. The largest absolute Gasteiger partial charge is 0.508 e. The lowest BCUT2D eigenvalue weighted by Gasteiger charge is -2.12. The first-order chi connectivity index (χ1) is 9.74. The van der Waals surface area contributed by atoms with Gasteiger partial charge in [0.05, 0.1) is 0 Å². The summed E-state index contributed by atoms with van der Waals surface area (Å²) in [7, 11) is 0. The molecule has 2 aromatic rings. The standard InChI is InChI=1S/C14H19N5O/c1-2-12-13(17-9-18-14(12)19-15)16-8-7-10-3-5-11(20)6-4-10/h3-6,9,20H,2,7-8,15H2,1H3,(H2,16,17,18,19). The van der Waals surface area contributed by atoms with Gasteiger partial charge < -0.3 is 15.8 Å². The number of phenolic OH excluding ortho intramolecular Hbond substituents is 1. The molecule has 0 unspecified atom stereocenters. The van der Waals surface area contributed by atoms with Crippen molar-refractivity contribution in [1.82, 2.24) is 9.97 Å². The van der Waals surface area contributed by atoms with Gasteiger partial charge in [0.25, 0.3) is 0 Å². The first-order valence-electron chi connectivity index (χ1n) is 6.57. The van der Waals surface area contributed by atoms with Crippen LogP contribution in [0.25, 0.3) is 0 Å². The van der Waals surface area contributed by atoms with E-state index in [0.717, 1.165) is 36.3 Å². The summed E-state index contributed by atoms with van der Waals surface area (Å²) in [5.74, 6) is 7.17. The molecule has 0 bridgehead atoms. The summed E-state index contributed by atoms with van der Waals surface area (Å²) < 4.78 is 0. The van der Waals surface area contributed by atoms with Gasteiger partial charge in [-0.3, -0.25) is 0 Å². The molecule has 1 aromatic heterocycles. The number of hydrogen-bond acceptors (Lipinski definition) is 6. The molecule has 0 aliphatic carbocycles. The molecule has 0 spiro atoms. The van der Waals surface area contributed by atoms with Crippen molar-refractivity contribution >= 4 is 11.6 Å². The summed E-state index contributed by atoms with van der Waals surface area (Å²) >= 11 is 0. The van der Waals surface area contributed by atoms with E-state index < -0.39 is 0 Å². The quantitative estimate of drug-likeness (QED) is 0.472. The first-order valence-corrected chi connectivity index (χ1v) is 6.57. The number of nitrogens with zero attached hydrogens (tertiary/aromatic N) is 2. The normalized spacial score (nSPS) is 10.3. The molecule has 0 amide bonds. The molecule has 0 radical (unpaired) electrons. The van der Waals surface area contributed by atoms with Gasteiger partial charge in [0, 0.05) is 12.1 Å². The van der Waals surface area contributed by atoms with Crippen LogP contribution >= 0.6 is 0 Å². The molecule has 1 aromatic carbocycles. The van der Waals surface area contributed by atoms with Crippen LogP contribution in [0, 0.1) is 0 Å². The first kappa shape index (κ1) is 14.1. The smallest absolute Gasteiger partial charge is 0.148 e. The number of phenols is 1. The third-order valence-corrected chi connectivity index (χ3v) is 3.08. The number of hydrogen-bond donors (Lipinski definition) is 4. The molecule has 0 fully saturated rings. The van der Waals surface area contributed by atoms with Crippen molar-refractivity contribution in [2.75, 3.05) is 17.3 Å². The van der Waals surface area contributed by atoms with E-state index in [-0.39, 0.29) is 5.75 Å². The maximum absolute atomic E-state index is 9.23. The van der Waals surface area contributed by atoms with Crippen molar-refractivity contribution in [2.45, 2.75) is 19.8 Å². The van der Waals surface area contributed by atoms with Crippen molar-refractivity contribution in [3.63, 3.8) is 0 Å². The minimum Gasteiger partial charge on any atom is -0.508 e. The summed E-state index contributed by atoms with van der Waals surface area (Å²) in [5, 5.41) is 12.5. The number of anilines is 2. The number of aromatic hydroxyl groups is 1. The fraction of sp³-hybridized carbons (Fsp3) is 0.286. The Morgan fingerprint density at radius 1 is 1.15 bits per heavy atom. The molecule has 0 atom stereocenters. The zero-order valence-corrected chi connectivity index (χ0v) is 11.4. The lowest BCUT2D eigenvalue weighted by Crippen LogP contribution is -2.15. The van der Waals surface area contributed by atoms with Crippen molar-refractivity contribution in [1.29, 1.82) is 0 Å². The summed E-state index contributed by atoms with van der Waals surface area (Å²) in [5.41, 5.74) is 4.71. The van der Waals surface area contributed by atoms with E-state index in [2.05, 4.69) is 20.7 Å². The fourth-order valence-corrected chi connectivity index (χ4v) is 2.01. The van der Waals surface area contributed by atoms with E-state index in [1.165, 1.54) is 6.33 Å². The van der Waals surface area contributed by atoms with E-state index in [0.29, 0.717) is 5.82 Å². The van der Waals surface area contributed by atoms with Crippen molar-refractivity contribution in [3.8, 4) is 5.75 Å². The van der Waals surface area contributed by atoms with Gasteiger partial charge in [-0.25, -0.2) is 15.8 Å². The second kappa shape index (κ2) is 6.72. The lowest BCUT2D eigenvalue weighted by molar-refractivity contribution is 0.475. The van der Waals surface area contributed by atoms with E-state index in [9.17, 15) is 5.11 Å². The Bertz CT molecular complexity index is 556. The highest BCUT2D eigenvalue weighted by Crippen LogP contribution is 2.19. The molecule has 5 N–H and O–H groups in total. The second-order valence-corrected chi connectivity index (χ2v) is 4.39. The molecule has 2 rings (SSSR count). The number of nitrogen functional groups attached to an aromatic ring is 1. The SMILES string of the molecule is CCc1c(NN)ncnc1NCCc1ccc(O)cc1. The van der Waals surface area contributed by atoms with Crippen molar-refractivity contribution in [2.24, 2.45) is 5.84 Å². The van der Waals surface area contributed by atoms with Crippen LogP contribution in [0.15, 0.2) is 30.6 Å². The van der Waals surface area contributed by atoms with E-state index in [1.807, 2.05) is 19.1 Å². The minimum absolute atomic E-state index is 0.282. The predicted molar refractivity (Wildman–Crippen MR) is 79.5 cm³/mol. The monoisotopic (exact) mass is 273 g/mol. The van der Waals surface area contributed by atoms with Crippen LogP contribution in [-0.4, -0.2) is 21.6 Å². The molecular formula is C14H19N5O. The van der Waals surface area contributed by atoms with Gasteiger partial charge >= 0.3 is 0 Å². The van der Waals surface area contributed by atoms with Crippen LogP contribution in [0.5, 0.6) is 5.75 Å². The summed E-state index contributed by atoms with van der Waals surface area (Å²) in [6.45, 7) is 2.78. The topological polar surface area (TPSA) is 96.1 Å². The summed E-state index contributed by atoms with van der Waals surface area (Å²) in [6.07, 6.45) is 3.12. The molecule has 6 nitrogen and oxygen atoms in total. The average molecular weight is 273 g/mol. The number of rotatable bonds is 6. The summed E-state index contributed by atoms with van der Waals surface area (Å²) in [4.78, 5) is 8.34. The highest BCUT2D eigenvalue weighted by atomic mass is 16.3. The van der Waals surface area contributed by atoms with Gasteiger partial charge in [-0.05, 0) is 30.5 Å². The maximum Gasteiger partial charge on any atom is 0.148 e. The minimum atomic E-state index is 0.282. The molecule has 0 saturated carbocycles. The molecule has 106 valence electrons. The molecular weight excluding hydrogens is 254 g/mol. The number of nitrogens with one attached hydrogen (secondary N) is 2. The van der Waals surface area contributed by atoms with Crippen LogP contribution in [0.1, 0.15) is 18.1 Å². The van der Waals surface area contributed by atoms with Crippen LogP contribution in [0.4, 0.5) is 11.6 Å². The van der Waals surface area contributed by atoms with Gasteiger partial charge in [0.1, 0.15) is 23.7 Å². The number of nitrogens with two attached hydrogens (primary N) is 1. The van der Waals surface area contributed by atoms with Gasteiger partial charge in [0.2, 0.25) is 0 Å². The van der Waals surface area contributed by atoms with Crippen LogP contribution < -0.4 is 16.6 Å². The van der Waals surface area contributed by atoms with E-state index in [1.54, 1.807) is 12.1 Å². The van der Waals surface area contributed by atoms with E-state index >= 15 is 0 Å². The number of benzene rings is 1. The number of aromatic nitrogens is 2. The lowest BCUT2D eigenvalue weighted by atomic mass is 10.1. The highest BCUT2D eigenvalue weighted by Gasteiger charge is 2.08.